The number of ether oxygens (including phenoxy) is 1. The highest BCUT2D eigenvalue weighted by Gasteiger charge is 2.61. The lowest BCUT2D eigenvalue weighted by atomic mass is 9.99. The Morgan fingerprint density at radius 3 is 2.47 bits per heavy atom. The molecule has 1 saturated heterocycles. The third-order valence-electron chi connectivity index (χ3n) is 8.13. The number of hydrogen-bond donors (Lipinski definition) is 2. The Labute approximate surface area is 298 Å². The van der Waals surface area contributed by atoms with Gasteiger partial charge in [0.2, 0.25) is 11.0 Å². The predicted molar refractivity (Wildman–Crippen MR) is 187 cm³/mol. The number of alkyl halides is 5. The van der Waals surface area contributed by atoms with Crippen LogP contribution >= 0.6 is 24.0 Å². The van der Waals surface area contributed by atoms with Crippen LogP contribution in [0.25, 0.3) is 17.1 Å². The van der Waals surface area contributed by atoms with Crippen molar-refractivity contribution in [1.29, 1.82) is 0 Å². The molecule has 2 aliphatic rings. The summed E-state index contributed by atoms with van der Waals surface area (Å²) in [6, 6.07) is 15.3. The largest absolute Gasteiger partial charge is 0.499 e. The van der Waals surface area contributed by atoms with Gasteiger partial charge in [-0.2, -0.15) is 26.9 Å². The van der Waals surface area contributed by atoms with E-state index in [9.17, 15) is 31.5 Å². The lowest BCUT2D eigenvalue weighted by molar-refractivity contribution is -0.360. The van der Waals surface area contributed by atoms with Crippen LogP contribution in [0.1, 0.15) is 42.0 Å². The number of aryl methyl sites for hydroxylation is 1. The summed E-state index contributed by atoms with van der Waals surface area (Å²) in [4.78, 5) is 36.1. The molecule has 4 aromatic rings. The number of thioether (sulfide) groups is 1. The quantitative estimate of drug-likeness (QED) is 0.154. The van der Waals surface area contributed by atoms with Crippen LogP contribution in [-0.4, -0.2) is 61.1 Å². The smallest absolute Gasteiger partial charge is 0.426 e. The molecule has 0 spiro atoms. The fourth-order valence-electron chi connectivity index (χ4n) is 5.70. The average Bonchev–Trinajstić information content (AvgIpc) is 3.78. The number of anilines is 1. The number of halogens is 5. The van der Waals surface area contributed by atoms with E-state index in [-0.39, 0.29) is 28.7 Å². The fraction of sp³-hybridized carbons (Fsp3) is 0.294. The third kappa shape index (κ3) is 7.88. The Kier molecular flexibility index (Phi) is 9.87. The fourth-order valence-corrected chi connectivity index (χ4v) is 6.81. The van der Waals surface area contributed by atoms with Crippen LogP contribution in [0, 0.1) is 6.92 Å². The number of carbonyl (C=O) groups is 2. The van der Waals surface area contributed by atoms with Gasteiger partial charge in [-0.1, -0.05) is 49.9 Å². The van der Waals surface area contributed by atoms with Gasteiger partial charge in [-0.25, -0.2) is 14.5 Å². The summed E-state index contributed by atoms with van der Waals surface area (Å²) in [6.45, 7) is 6.05. The SMILES string of the molecule is Cc1ccc(C(C)C)c(N2C(=O)CSC2=NC(=S)NC(=O)NC2Cc3ccc(-c4ncn(-c5ccc(OC(F)(F)C(F)(F)F)cc5)n4)cc3C2)c1. The van der Waals surface area contributed by atoms with Crippen molar-refractivity contribution in [2.24, 2.45) is 4.99 Å². The monoisotopic (exact) mass is 743 g/mol. The number of fused-ring (bicyclic) bond motifs is 1. The van der Waals surface area contributed by atoms with E-state index < -0.39 is 24.1 Å². The zero-order valence-electron chi connectivity index (χ0n) is 27.3. The van der Waals surface area contributed by atoms with Crippen molar-refractivity contribution < 1.29 is 36.3 Å². The molecule has 3 amide bonds. The van der Waals surface area contributed by atoms with Crippen molar-refractivity contribution in [3.63, 3.8) is 0 Å². The number of thiocarbonyl (C=S) groups is 1. The van der Waals surface area contributed by atoms with Crippen LogP contribution < -0.4 is 20.3 Å². The van der Waals surface area contributed by atoms with E-state index in [1.807, 2.05) is 57.2 Å². The first kappa shape index (κ1) is 35.9. The van der Waals surface area contributed by atoms with Crippen LogP contribution in [0.3, 0.4) is 0 Å². The third-order valence-corrected chi connectivity index (χ3v) is 9.25. The zero-order chi connectivity index (χ0) is 36.7. The van der Waals surface area contributed by atoms with E-state index in [0.29, 0.717) is 35.1 Å². The van der Waals surface area contributed by atoms with Crippen molar-refractivity contribution in [3.8, 4) is 22.8 Å². The highest BCUT2D eigenvalue weighted by Crippen LogP contribution is 2.38. The first-order valence-corrected chi connectivity index (χ1v) is 17.0. The van der Waals surface area contributed by atoms with Crippen LogP contribution in [0.4, 0.5) is 32.4 Å². The molecule has 1 atom stereocenters. The molecule has 2 N–H and O–H groups in total. The number of aromatic nitrogens is 3. The predicted octanol–water partition coefficient (Wildman–Crippen LogP) is 7.09. The average molecular weight is 744 g/mol. The van der Waals surface area contributed by atoms with Gasteiger partial charge in [-0.05, 0) is 96.6 Å². The summed E-state index contributed by atoms with van der Waals surface area (Å²) in [6.07, 6.45) is -8.71. The summed E-state index contributed by atoms with van der Waals surface area (Å²) >= 11 is 6.63. The number of urea groups is 1. The van der Waals surface area contributed by atoms with Gasteiger partial charge in [0.05, 0.1) is 17.1 Å². The van der Waals surface area contributed by atoms with E-state index >= 15 is 0 Å². The Hall–Kier alpha value is -4.90. The van der Waals surface area contributed by atoms with Crippen LogP contribution in [-0.2, 0) is 17.6 Å². The minimum atomic E-state index is -5.85. The Balaban J connectivity index is 1.06. The summed E-state index contributed by atoms with van der Waals surface area (Å²) in [5, 5.41) is 10.3. The molecule has 17 heteroatoms. The van der Waals surface area contributed by atoms with E-state index in [1.54, 1.807) is 4.90 Å². The Bertz CT molecular complexity index is 2030. The number of hydrogen-bond acceptors (Lipinski definition) is 7. The standard InChI is InChI=1S/C34H30F5N7O3S2/c1-18(2)26-11-4-19(3)12-27(26)46-28(47)16-51-32(46)43-31(50)42-30(48)41-23-14-20-5-6-21(13-22(20)15-23)29-40-17-45(44-29)24-7-9-25(10-8-24)49-34(38,39)33(35,36)37/h4-13,17-18,23H,14-16H2,1-3H3,(H2,41,42,48,50). The molecular formula is C34H30F5N7O3S2. The number of aliphatic imine (C=N–C) groups is 1. The molecule has 1 aliphatic heterocycles. The molecule has 10 nitrogen and oxygen atoms in total. The number of rotatable bonds is 7. The molecule has 0 radical (unpaired) electrons. The van der Waals surface area contributed by atoms with Crippen LogP contribution in [0.2, 0.25) is 0 Å². The minimum Gasteiger partial charge on any atom is -0.426 e. The molecule has 51 heavy (non-hydrogen) atoms. The topological polar surface area (TPSA) is 114 Å². The zero-order valence-corrected chi connectivity index (χ0v) is 28.9. The Morgan fingerprint density at radius 2 is 1.76 bits per heavy atom. The molecule has 0 bridgehead atoms. The molecule has 266 valence electrons. The van der Waals surface area contributed by atoms with Gasteiger partial charge >= 0.3 is 18.3 Å². The second-order valence-electron chi connectivity index (χ2n) is 12.2. The van der Waals surface area contributed by atoms with Gasteiger partial charge in [-0.3, -0.25) is 15.0 Å². The summed E-state index contributed by atoms with van der Waals surface area (Å²) in [7, 11) is 0. The highest BCUT2D eigenvalue weighted by molar-refractivity contribution is 8.15. The molecule has 2 heterocycles. The normalized spacial score (nSPS) is 16.9. The van der Waals surface area contributed by atoms with Crippen molar-refractivity contribution in [1.82, 2.24) is 25.4 Å². The molecule has 6 rings (SSSR count). The second-order valence-corrected chi connectivity index (χ2v) is 13.6. The van der Waals surface area contributed by atoms with Crippen LogP contribution in [0.15, 0.2) is 72.0 Å². The van der Waals surface area contributed by atoms with Gasteiger partial charge in [0.25, 0.3) is 0 Å². The first-order valence-electron chi connectivity index (χ1n) is 15.6. The summed E-state index contributed by atoms with van der Waals surface area (Å²) < 4.78 is 69.0. The van der Waals surface area contributed by atoms with Gasteiger partial charge < -0.3 is 10.1 Å². The molecule has 3 aromatic carbocycles. The van der Waals surface area contributed by atoms with E-state index in [0.717, 1.165) is 40.1 Å². The molecule has 1 aliphatic carbocycles. The van der Waals surface area contributed by atoms with E-state index in [4.69, 9.17) is 12.2 Å². The molecule has 1 unspecified atom stereocenters. The lowest BCUT2D eigenvalue weighted by Gasteiger charge is -2.22. The van der Waals surface area contributed by atoms with Gasteiger partial charge in [0.15, 0.2) is 11.0 Å². The van der Waals surface area contributed by atoms with Gasteiger partial charge in [-0.15, -0.1) is 5.10 Å². The van der Waals surface area contributed by atoms with Gasteiger partial charge in [0, 0.05) is 11.6 Å². The maximum Gasteiger partial charge on any atom is 0.499 e. The van der Waals surface area contributed by atoms with Crippen molar-refractivity contribution in [3.05, 3.63) is 89.2 Å². The van der Waals surface area contributed by atoms with Gasteiger partial charge in [0.1, 0.15) is 12.1 Å². The number of carbonyl (C=O) groups excluding carboxylic acids is 2. The number of amidine groups is 1. The lowest BCUT2D eigenvalue weighted by Crippen LogP contribution is -2.44. The van der Waals surface area contributed by atoms with Crippen molar-refractivity contribution in [2.45, 2.75) is 57.9 Å². The maximum absolute atomic E-state index is 13.2. The Morgan fingerprint density at radius 1 is 1.04 bits per heavy atom. The molecule has 1 aromatic heterocycles. The maximum atomic E-state index is 13.2. The van der Waals surface area contributed by atoms with Crippen LogP contribution in [0.5, 0.6) is 5.75 Å². The molecule has 0 saturated carbocycles. The molecule has 1 fully saturated rings. The molecular weight excluding hydrogens is 714 g/mol. The van der Waals surface area contributed by atoms with Crippen molar-refractivity contribution >= 4 is 51.9 Å². The number of benzene rings is 3. The summed E-state index contributed by atoms with van der Waals surface area (Å²) in [5.74, 6) is -0.0599. The summed E-state index contributed by atoms with van der Waals surface area (Å²) in [5.41, 5.74) is 5.78. The van der Waals surface area contributed by atoms with Crippen molar-refractivity contribution in [2.75, 3.05) is 10.7 Å². The number of nitrogens with one attached hydrogen (secondary N) is 2. The van der Waals surface area contributed by atoms with E-state index in [1.165, 1.54) is 34.9 Å². The number of nitrogens with zero attached hydrogens (tertiary/aromatic N) is 5. The highest BCUT2D eigenvalue weighted by atomic mass is 32.2. The number of amides is 3. The minimum absolute atomic E-state index is 0.0747. The first-order chi connectivity index (χ1) is 24.1. The second kappa shape index (κ2) is 14.0. The van der Waals surface area contributed by atoms with E-state index in [2.05, 4.69) is 30.4 Å².